The van der Waals surface area contributed by atoms with E-state index in [0.717, 1.165) is 31.6 Å². The van der Waals surface area contributed by atoms with E-state index >= 15 is 0 Å². The first-order chi connectivity index (χ1) is 6.81. The number of hydrogen-bond donors (Lipinski definition) is 0. The fourth-order valence-electron chi connectivity index (χ4n) is 1.92. The second-order valence-corrected chi connectivity index (χ2v) is 3.90. The highest BCUT2D eigenvalue weighted by atomic mass is 16.5. The molecule has 2 atom stereocenters. The highest BCUT2D eigenvalue weighted by molar-refractivity contribution is 4.94. The van der Waals surface area contributed by atoms with Crippen molar-refractivity contribution in [1.29, 1.82) is 0 Å². The van der Waals surface area contributed by atoms with Crippen LogP contribution in [0.1, 0.15) is 45.0 Å². The first-order valence-electron chi connectivity index (χ1n) is 5.34. The lowest BCUT2D eigenvalue weighted by Crippen LogP contribution is -2.09. The smallest absolute Gasteiger partial charge is 0.162 e. The molecule has 78 valence electrons. The van der Waals surface area contributed by atoms with Gasteiger partial charge in [-0.3, -0.25) is 0 Å². The van der Waals surface area contributed by atoms with E-state index in [0.29, 0.717) is 6.10 Å². The molecular weight excluding hydrogens is 178 g/mol. The predicted octanol–water partition coefficient (Wildman–Crippen LogP) is 1.93. The largest absolute Gasteiger partial charge is 0.367 e. The Kier molecular flexibility index (Phi) is 2.82. The summed E-state index contributed by atoms with van der Waals surface area (Å²) >= 11 is 0. The van der Waals surface area contributed by atoms with Crippen molar-refractivity contribution in [2.75, 3.05) is 0 Å². The number of rotatable bonds is 3. The fraction of sp³-hybridized carbons (Fsp3) is 0.800. The Morgan fingerprint density at radius 1 is 1.57 bits per heavy atom. The maximum atomic E-state index is 5.77. The minimum atomic E-state index is 0.166. The van der Waals surface area contributed by atoms with Crippen molar-refractivity contribution in [3.63, 3.8) is 0 Å². The van der Waals surface area contributed by atoms with Crippen LogP contribution in [-0.2, 0) is 11.3 Å². The molecule has 1 aromatic heterocycles. The maximum absolute atomic E-state index is 5.77. The Morgan fingerprint density at radius 3 is 3.07 bits per heavy atom. The molecule has 2 unspecified atom stereocenters. The van der Waals surface area contributed by atoms with Crippen LogP contribution in [-0.4, -0.2) is 20.9 Å². The molecule has 1 fully saturated rings. The number of hydrogen-bond acceptors (Lipinski definition) is 3. The minimum absolute atomic E-state index is 0.166. The summed E-state index contributed by atoms with van der Waals surface area (Å²) in [7, 11) is 0. The van der Waals surface area contributed by atoms with Gasteiger partial charge < -0.3 is 9.30 Å². The monoisotopic (exact) mass is 195 g/mol. The van der Waals surface area contributed by atoms with Gasteiger partial charge in [-0.2, -0.15) is 0 Å². The van der Waals surface area contributed by atoms with Crippen LogP contribution < -0.4 is 0 Å². The lowest BCUT2D eigenvalue weighted by atomic mass is 10.2. The van der Waals surface area contributed by atoms with Gasteiger partial charge in [-0.25, -0.2) is 0 Å². The van der Waals surface area contributed by atoms with E-state index in [2.05, 4.69) is 28.6 Å². The van der Waals surface area contributed by atoms with Crippen LogP contribution in [0.3, 0.4) is 0 Å². The standard InChI is InChI=1S/C10H17N3O/c1-3-6-13-7-11-12-10(13)9-5-4-8(2)14-9/h7-9H,3-6H2,1-2H3. The summed E-state index contributed by atoms with van der Waals surface area (Å²) in [4.78, 5) is 0. The van der Waals surface area contributed by atoms with E-state index < -0.39 is 0 Å². The number of nitrogens with zero attached hydrogens (tertiary/aromatic N) is 3. The van der Waals surface area contributed by atoms with Crippen molar-refractivity contribution in [1.82, 2.24) is 14.8 Å². The third kappa shape index (κ3) is 1.80. The van der Waals surface area contributed by atoms with Crippen molar-refractivity contribution < 1.29 is 4.74 Å². The molecule has 2 heterocycles. The molecule has 0 aliphatic carbocycles. The molecule has 2 rings (SSSR count). The SMILES string of the molecule is CCCn1cnnc1C1CCC(C)O1. The number of aryl methyl sites for hydroxylation is 1. The van der Waals surface area contributed by atoms with Crippen molar-refractivity contribution in [3.8, 4) is 0 Å². The van der Waals surface area contributed by atoms with Gasteiger partial charge in [0.05, 0.1) is 6.10 Å². The van der Waals surface area contributed by atoms with Gasteiger partial charge in [-0.1, -0.05) is 6.92 Å². The number of ether oxygens (including phenoxy) is 1. The van der Waals surface area contributed by atoms with Crippen LogP contribution in [0.15, 0.2) is 6.33 Å². The van der Waals surface area contributed by atoms with Crippen LogP contribution >= 0.6 is 0 Å². The van der Waals surface area contributed by atoms with E-state index in [9.17, 15) is 0 Å². The summed E-state index contributed by atoms with van der Waals surface area (Å²) < 4.78 is 7.87. The van der Waals surface area contributed by atoms with Gasteiger partial charge in [0.1, 0.15) is 12.4 Å². The van der Waals surface area contributed by atoms with Crippen LogP contribution in [0.5, 0.6) is 0 Å². The van der Waals surface area contributed by atoms with E-state index in [1.807, 2.05) is 0 Å². The van der Waals surface area contributed by atoms with Gasteiger partial charge >= 0.3 is 0 Å². The van der Waals surface area contributed by atoms with Gasteiger partial charge in [0, 0.05) is 6.54 Å². The molecule has 4 nitrogen and oxygen atoms in total. The van der Waals surface area contributed by atoms with Gasteiger partial charge in [0.2, 0.25) is 0 Å². The normalized spacial score (nSPS) is 27.0. The van der Waals surface area contributed by atoms with Crippen molar-refractivity contribution in [2.24, 2.45) is 0 Å². The Bertz CT molecular complexity index is 297. The predicted molar refractivity (Wildman–Crippen MR) is 52.8 cm³/mol. The molecule has 1 aliphatic rings. The summed E-state index contributed by atoms with van der Waals surface area (Å²) in [6.07, 6.45) is 5.64. The molecule has 1 aromatic rings. The van der Waals surface area contributed by atoms with Gasteiger partial charge in [0.25, 0.3) is 0 Å². The first kappa shape index (κ1) is 9.65. The van der Waals surface area contributed by atoms with E-state index in [1.54, 1.807) is 6.33 Å². The van der Waals surface area contributed by atoms with E-state index in [1.165, 1.54) is 0 Å². The quantitative estimate of drug-likeness (QED) is 0.739. The van der Waals surface area contributed by atoms with Crippen LogP contribution in [0.25, 0.3) is 0 Å². The van der Waals surface area contributed by atoms with Crippen LogP contribution in [0, 0.1) is 0 Å². The van der Waals surface area contributed by atoms with E-state index in [-0.39, 0.29) is 6.10 Å². The molecule has 0 aromatic carbocycles. The average molecular weight is 195 g/mol. The average Bonchev–Trinajstić information content (AvgIpc) is 2.74. The molecule has 14 heavy (non-hydrogen) atoms. The first-order valence-corrected chi connectivity index (χ1v) is 5.34. The van der Waals surface area contributed by atoms with Crippen LogP contribution in [0.2, 0.25) is 0 Å². The maximum Gasteiger partial charge on any atom is 0.162 e. The van der Waals surface area contributed by atoms with Crippen molar-refractivity contribution >= 4 is 0 Å². The molecule has 0 bridgehead atoms. The highest BCUT2D eigenvalue weighted by Gasteiger charge is 2.27. The zero-order valence-electron chi connectivity index (χ0n) is 8.81. The molecule has 1 saturated heterocycles. The third-order valence-electron chi connectivity index (χ3n) is 2.63. The van der Waals surface area contributed by atoms with E-state index in [4.69, 9.17) is 4.74 Å². The lowest BCUT2D eigenvalue weighted by Gasteiger charge is -2.11. The molecule has 0 amide bonds. The summed E-state index contributed by atoms with van der Waals surface area (Å²) in [5.74, 6) is 0.996. The van der Waals surface area contributed by atoms with Gasteiger partial charge in [-0.15, -0.1) is 10.2 Å². The Balaban J connectivity index is 2.11. The Hall–Kier alpha value is -0.900. The topological polar surface area (TPSA) is 39.9 Å². The third-order valence-corrected chi connectivity index (χ3v) is 2.63. The molecule has 0 saturated carbocycles. The summed E-state index contributed by atoms with van der Waals surface area (Å²) in [5.41, 5.74) is 0. The van der Waals surface area contributed by atoms with Crippen molar-refractivity contribution in [3.05, 3.63) is 12.2 Å². The summed E-state index contributed by atoms with van der Waals surface area (Å²) in [5, 5.41) is 8.08. The molecule has 0 N–H and O–H groups in total. The molecular formula is C10H17N3O. The molecule has 1 aliphatic heterocycles. The van der Waals surface area contributed by atoms with Crippen molar-refractivity contribution in [2.45, 2.75) is 51.9 Å². The summed E-state index contributed by atoms with van der Waals surface area (Å²) in [6, 6.07) is 0. The molecule has 0 radical (unpaired) electrons. The fourth-order valence-corrected chi connectivity index (χ4v) is 1.92. The number of aromatic nitrogens is 3. The zero-order valence-corrected chi connectivity index (χ0v) is 8.81. The van der Waals surface area contributed by atoms with Gasteiger partial charge in [0.15, 0.2) is 5.82 Å². The second-order valence-electron chi connectivity index (χ2n) is 3.90. The lowest BCUT2D eigenvalue weighted by molar-refractivity contribution is 0.0479. The minimum Gasteiger partial charge on any atom is -0.367 e. The molecule has 0 spiro atoms. The van der Waals surface area contributed by atoms with Gasteiger partial charge in [-0.05, 0) is 26.2 Å². The highest BCUT2D eigenvalue weighted by Crippen LogP contribution is 2.31. The van der Waals surface area contributed by atoms with Crippen LogP contribution in [0.4, 0.5) is 0 Å². The molecule has 4 heteroatoms. The zero-order chi connectivity index (χ0) is 9.97. The summed E-state index contributed by atoms with van der Waals surface area (Å²) in [6.45, 7) is 5.25. The Labute approximate surface area is 84.3 Å². The Morgan fingerprint density at radius 2 is 2.43 bits per heavy atom. The second kappa shape index (κ2) is 4.09.